The average Bonchev–Trinajstić information content (AvgIpc) is 2.85. The summed E-state index contributed by atoms with van der Waals surface area (Å²) in [6.07, 6.45) is 0. The number of carboxylic acids is 1. The Hall–Kier alpha value is -2.41. The number of nitro groups is 1. The second-order valence-electron chi connectivity index (χ2n) is 4.22. The normalized spacial score (nSPS) is 10.2. The molecule has 0 bridgehead atoms. The fraction of sp³-hybridized carbons (Fsp3) is 0.154. The number of aromatic carboxylic acids is 1. The van der Waals surface area contributed by atoms with Crippen molar-refractivity contribution < 1.29 is 14.8 Å². The Morgan fingerprint density at radius 2 is 2.20 bits per heavy atom. The molecule has 0 spiro atoms. The number of carbonyl (C=O) groups is 1. The third-order valence-electron chi connectivity index (χ3n) is 2.76. The molecule has 0 atom stereocenters. The molecule has 0 unspecified atom stereocenters. The molecule has 2 N–H and O–H groups in total. The van der Waals surface area contributed by atoms with Crippen LogP contribution in [-0.4, -0.2) is 16.0 Å². The van der Waals surface area contributed by atoms with E-state index in [1.165, 1.54) is 17.4 Å². The van der Waals surface area contributed by atoms with Gasteiger partial charge in [-0.1, -0.05) is 0 Å². The predicted molar refractivity (Wildman–Crippen MR) is 76.4 cm³/mol. The van der Waals surface area contributed by atoms with Crippen LogP contribution in [0.5, 0.6) is 0 Å². The molecule has 0 saturated carbocycles. The molecule has 0 fully saturated rings. The van der Waals surface area contributed by atoms with Crippen LogP contribution < -0.4 is 5.32 Å². The van der Waals surface area contributed by atoms with Crippen molar-refractivity contribution in [2.75, 3.05) is 5.32 Å². The zero-order valence-electron chi connectivity index (χ0n) is 10.6. The first kappa shape index (κ1) is 14.0. The van der Waals surface area contributed by atoms with Crippen molar-refractivity contribution in [2.45, 2.75) is 13.5 Å². The molecule has 20 heavy (non-hydrogen) atoms. The average molecular weight is 292 g/mol. The van der Waals surface area contributed by atoms with Crippen molar-refractivity contribution in [2.24, 2.45) is 0 Å². The van der Waals surface area contributed by atoms with E-state index in [1.807, 2.05) is 0 Å². The summed E-state index contributed by atoms with van der Waals surface area (Å²) in [4.78, 5) is 21.9. The van der Waals surface area contributed by atoms with Crippen molar-refractivity contribution in [1.82, 2.24) is 0 Å². The minimum absolute atomic E-state index is 0.0832. The molecule has 1 aromatic carbocycles. The van der Waals surface area contributed by atoms with Crippen molar-refractivity contribution in [1.29, 1.82) is 0 Å². The van der Waals surface area contributed by atoms with Crippen molar-refractivity contribution in [3.8, 4) is 0 Å². The number of benzene rings is 1. The maximum absolute atomic E-state index is 10.8. The predicted octanol–water partition coefficient (Wildman–Crippen LogP) is 3.28. The summed E-state index contributed by atoms with van der Waals surface area (Å²) in [5, 5.41) is 24.2. The summed E-state index contributed by atoms with van der Waals surface area (Å²) in [6.45, 7) is 2.16. The molecule has 2 aromatic rings. The minimum atomic E-state index is -0.946. The molecular weight excluding hydrogens is 280 g/mol. The summed E-state index contributed by atoms with van der Waals surface area (Å²) in [5.74, 6) is -0.946. The van der Waals surface area contributed by atoms with Crippen LogP contribution in [0.4, 0.5) is 11.4 Å². The maximum atomic E-state index is 10.8. The third-order valence-corrected chi connectivity index (χ3v) is 3.70. The number of nitrogens with zero attached hydrogens (tertiary/aromatic N) is 1. The monoisotopic (exact) mass is 292 g/mol. The van der Waals surface area contributed by atoms with E-state index in [9.17, 15) is 14.9 Å². The molecule has 7 heteroatoms. The van der Waals surface area contributed by atoms with Crippen LogP contribution in [-0.2, 0) is 6.54 Å². The van der Waals surface area contributed by atoms with Crippen LogP contribution in [0.3, 0.4) is 0 Å². The topological polar surface area (TPSA) is 92.5 Å². The number of nitrogens with one attached hydrogen (secondary N) is 1. The number of aryl methyl sites for hydroxylation is 1. The second kappa shape index (κ2) is 5.70. The zero-order chi connectivity index (χ0) is 14.7. The van der Waals surface area contributed by atoms with Gasteiger partial charge in [0.25, 0.3) is 5.69 Å². The molecule has 0 aliphatic rings. The molecule has 0 saturated heterocycles. The number of carboxylic acid groups (broad SMARTS) is 1. The molecule has 6 nitrogen and oxygen atoms in total. The highest BCUT2D eigenvalue weighted by molar-refractivity contribution is 7.10. The Kier molecular flexibility index (Phi) is 3.99. The number of hydrogen-bond acceptors (Lipinski definition) is 5. The van der Waals surface area contributed by atoms with Crippen LogP contribution >= 0.6 is 11.3 Å². The van der Waals surface area contributed by atoms with Gasteiger partial charge in [-0.05, 0) is 25.1 Å². The number of thiophene rings is 1. The van der Waals surface area contributed by atoms with Crippen LogP contribution in [0.15, 0.2) is 29.6 Å². The third kappa shape index (κ3) is 3.12. The summed E-state index contributed by atoms with van der Waals surface area (Å²) in [6, 6.07) is 6.40. The molecule has 0 radical (unpaired) electrons. The molecule has 104 valence electrons. The molecule has 0 aliphatic heterocycles. The lowest BCUT2D eigenvalue weighted by Gasteiger charge is -2.06. The summed E-state index contributed by atoms with van der Waals surface area (Å²) in [5.41, 5.74) is 1.70. The van der Waals surface area contributed by atoms with E-state index in [0.717, 1.165) is 10.6 Å². The molecular formula is C13H12N2O4S. The van der Waals surface area contributed by atoms with Gasteiger partial charge in [-0.25, -0.2) is 4.79 Å². The summed E-state index contributed by atoms with van der Waals surface area (Å²) < 4.78 is 0. The van der Waals surface area contributed by atoms with Crippen LogP contribution in [0.25, 0.3) is 0 Å². The highest BCUT2D eigenvalue weighted by atomic mass is 32.1. The number of hydrogen-bond donors (Lipinski definition) is 2. The number of rotatable bonds is 5. The van der Waals surface area contributed by atoms with E-state index in [2.05, 4.69) is 5.32 Å². The quantitative estimate of drug-likeness (QED) is 0.651. The van der Waals surface area contributed by atoms with Gasteiger partial charge < -0.3 is 10.4 Å². The van der Waals surface area contributed by atoms with E-state index in [1.54, 1.807) is 30.5 Å². The Balaban J connectivity index is 2.05. The van der Waals surface area contributed by atoms with Crippen molar-refractivity contribution in [3.63, 3.8) is 0 Å². The first-order valence-electron chi connectivity index (χ1n) is 5.77. The van der Waals surface area contributed by atoms with Gasteiger partial charge in [0, 0.05) is 34.1 Å². The first-order chi connectivity index (χ1) is 9.47. The van der Waals surface area contributed by atoms with E-state index in [-0.39, 0.29) is 11.3 Å². The first-order valence-corrected chi connectivity index (χ1v) is 6.65. The van der Waals surface area contributed by atoms with E-state index in [4.69, 9.17) is 5.11 Å². The fourth-order valence-electron chi connectivity index (χ4n) is 1.74. The lowest BCUT2D eigenvalue weighted by Crippen LogP contribution is -1.99. The molecule has 1 heterocycles. The smallest absolute Gasteiger partial charge is 0.336 e. The Labute approximate surface area is 118 Å². The number of nitro benzene ring substituents is 1. The standard InChI is InChI=1S/C13H12N2O4S/c1-8-4-10(2-3-12(8)15(18)19)14-6-11-5-9(7-20-11)13(16)17/h2-5,7,14H,6H2,1H3,(H,16,17). The van der Waals surface area contributed by atoms with Gasteiger partial charge in [0.15, 0.2) is 0 Å². The van der Waals surface area contributed by atoms with Gasteiger partial charge in [0.05, 0.1) is 10.5 Å². The fourth-order valence-corrected chi connectivity index (χ4v) is 2.54. The second-order valence-corrected chi connectivity index (χ2v) is 5.21. The van der Waals surface area contributed by atoms with Crippen LogP contribution in [0.2, 0.25) is 0 Å². The summed E-state index contributed by atoms with van der Waals surface area (Å²) in [7, 11) is 0. The van der Waals surface area contributed by atoms with Crippen LogP contribution in [0.1, 0.15) is 20.8 Å². The van der Waals surface area contributed by atoms with E-state index in [0.29, 0.717) is 12.1 Å². The number of anilines is 1. The molecule has 0 amide bonds. The molecule has 0 aliphatic carbocycles. The molecule has 2 rings (SSSR count). The van der Waals surface area contributed by atoms with E-state index >= 15 is 0 Å². The van der Waals surface area contributed by atoms with Gasteiger partial charge in [0.2, 0.25) is 0 Å². The maximum Gasteiger partial charge on any atom is 0.336 e. The minimum Gasteiger partial charge on any atom is -0.478 e. The Bertz CT molecular complexity index is 666. The largest absolute Gasteiger partial charge is 0.478 e. The zero-order valence-corrected chi connectivity index (χ0v) is 11.4. The van der Waals surface area contributed by atoms with Crippen LogP contribution in [0, 0.1) is 17.0 Å². The highest BCUT2D eigenvalue weighted by Gasteiger charge is 2.10. The lowest BCUT2D eigenvalue weighted by molar-refractivity contribution is -0.385. The highest BCUT2D eigenvalue weighted by Crippen LogP contribution is 2.23. The van der Waals surface area contributed by atoms with Gasteiger partial charge >= 0.3 is 5.97 Å². The summed E-state index contributed by atoms with van der Waals surface area (Å²) >= 11 is 1.36. The van der Waals surface area contributed by atoms with Gasteiger partial charge in [-0.3, -0.25) is 10.1 Å². The Morgan fingerprint density at radius 1 is 1.45 bits per heavy atom. The van der Waals surface area contributed by atoms with E-state index < -0.39 is 10.9 Å². The van der Waals surface area contributed by atoms with Crippen molar-refractivity contribution >= 4 is 28.7 Å². The van der Waals surface area contributed by atoms with Gasteiger partial charge in [-0.15, -0.1) is 11.3 Å². The Morgan fingerprint density at radius 3 is 2.75 bits per heavy atom. The van der Waals surface area contributed by atoms with Crippen molar-refractivity contribution in [3.05, 3.63) is 55.8 Å². The van der Waals surface area contributed by atoms with Gasteiger partial charge in [0.1, 0.15) is 0 Å². The van der Waals surface area contributed by atoms with Gasteiger partial charge in [-0.2, -0.15) is 0 Å². The lowest BCUT2D eigenvalue weighted by atomic mass is 10.2. The SMILES string of the molecule is Cc1cc(NCc2cc(C(=O)O)cs2)ccc1[N+](=O)[O-]. The molecule has 1 aromatic heterocycles.